The molecule has 2 aromatic carbocycles. The minimum atomic E-state index is -4.83. The number of aromatic nitrogens is 4. The molecule has 5 nitrogen and oxygen atoms in total. The van der Waals surface area contributed by atoms with Crippen LogP contribution in [-0.2, 0) is 12.1 Å². The number of benzene rings is 2. The van der Waals surface area contributed by atoms with Gasteiger partial charge in [-0.1, -0.05) is 54.6 Å². The first kappa shape index (κ1) is 21.0. The van der Waals surface area contributed by atoms with Gasteiger partial charge in [0.25, 0.3) is 0 Å². The van der Waals surface area contributed by atoms with Crippen LogP contribution in [0.5, 0.6) is 0 Å². The maximum absolute atomic E-state index is 13.3. The number of hydrogen-bond donors (Lipinski definition) is 1. The van der Waals surface area contributed by atoms with Crippen molar-refractivity contribution >= 4 is 10.9 Å². The molecule has 31 heavy (non-hydrogen) atoms. The summed E-state index contributed by atoms with van der Waals surface area (Å²) in [5.74, 6) is 0. The van der Waals surface area contributed by atoms with Crippen molar-refractivity contribution in [3.05, 3.63) is 77.7 Å². The predicted molar refractivity (Wildman–Crippen MR) is 111 cm³/mol. The smallest absolute Gasteiger partial charge is 0.375 e. The molecule has 0 aliphatic carbocycles. The number of nitrogens with zero attached hydrogens (tertiary/aromatic N) is 4. The van der Waals surface area contributed by atoms with Crippen molar-refractivity contribution in [2.75, 3.05) is 0 Å². The van der Waals surface area contributed by atoms with Gasteiger partial charge in [-0.3, -0.25) is 4.98 Å². The number of rotatable bonds is 5. The lowest BCUT2D eigenvalue weighted by Gasteiger charge is -2.26. The Hall–Kier alpha value is -3.26. The molecule has 160 valence electrons. The molecular formula is C23H21F3N4O. The third-order valence-electron chi connectivity index (χ3n) is 5.37. The monoisotopic (exact) mass is 426 g/mol. The highest BCUT2D eigenvalue weighted by molar-refractivity contribution is 5.95. The van der Waals surface area contributed by atoms with Crippen LogP contribution in [0.1, 0.15) is 30.3 Å². The van der Waals surface area contributed by atoms with Crippen LogP contribution in [0.2, 0.25) is 0 Å². The first-order valence-electron chi connectivity index (χ1n) is 9.86. The van der Waals surface area contributed by atoms with Gasteiger partial charge in [0, 0.05) is 11.1 Å². The number of pyridine rings is 1. The van der Waals surface area contributed by atoms with Crippen molar-refractivity contribution in [1.82, 2.24) is 20.0 Å². The Kier molecular flexibility index (Phi) is 5.26. The number of fused-ring (bicyclic) bond motifs is 1. The first-order valence-corrected chi connectivity index (χ1v) is 9.86. The molecule has 4 rings (SSSR count). The summed E-state index contributed by atoms with van der Waals surface area (Å²) in [5, 5.41) is 18.4. The summed E-state index contributed by atoms with van der Waals surface area (Å²) in [6.07, 6.45) is -4.24. The van der Waals surface area contributed by atoms with E-state index in [-0.39, 0.29) is 6.54 Å². The highest BCUT2D eigenvalue weighted by atomic mass is 19.4. The van der Waals surface area contributed by atoms with E-state index < -0.39 is 23.9 Å². The van der Waals surface area contributed by atoms with Crippen LogP contribution in [0.15, 0.2) is 60.8 Å². The van der Waals surface area contributed by atoms with Gasteiger partial charge in [-0.25, -0.2) is 4.68 Å². The van der Waals surface area contributed by atoms with Gasteiger partial charge in [-0.15, -0.1) is 5.10 Å². The Labute approximate surface area is 177 Å². The first-order chi connectivity index (χ1) is 14.7. The third-order valence-corrected chi connectivity index (χ3v) is 5.37. The van der Waals surface area contributed by atoms with Crippen LogP contribution < -0.4 is 0 Å². The molecule has 0 spiro atoms. The molecule has 2 aromatic heterocycles. The summed E-state index contributed by atoms with van der Waals surface area (Å²) in [7, 11) is 0. The van der Waals surface area contributed by atoms with Crippen molar-refractivity contribution in [2.45, 2.75) is 38.6 Å². The number of aryl methyl sites for hydroxylation is 1. The van der Waals surface area contributed by atoms with E-state index in [9.17, 15) is 18.3 Å². The zero-order valence-electron chi connectivity index (χ0n) is 17.1. The van der Waals surface area contributed by atoms with E-state index >= 15 is 0 Å². The summed E-state index contributed by atoms with van der Waals surface area (Å²) in [5.41, 5.74) is 1.09. The molecule has 0 aliphatic rings. The van der Waals surface area contributed by atoms with E-state index in [0.717, 1.165) is 39.5 Å². The largest absolute Gasteiger partial charge is 0.423 e. The molecule has 0 fully saturated rings. The Morgan fingerprint density at radius 3 is 2.45 bits per heavy atom. The van der Waals surface area contributed by atoms with Crippen LogP contribution in [-0.4, -0.2) is 31.3 Å². The van der Waals surface area contributed by atoms with E-state index in [1.54, 1.807) is 0 Å². The van der Waals surface area contributed by atoms with Crippen LogP contribution in [0.4, 0.5) is 13.2 Å². The standard InChI is InChI=1S/C23H21F3N4O/c1-3-22(31,23(24,25)26)21-14-30(29-28-21)13-16-9-10-18-19(17-7-5-4-6-8-17)11-15(2)27-20(18)12-16/h4-12,14,31H,3,13H2,1-2H3. The van der Waals surface area contributed by atoms with Gasteiger partial charge in [0.05, 0.1) is 18.3 Å². The Morgan fingerprint density at radius 2 is 1.77 bits per heavy atom. The third kappa shape index (κ3) is 3.90. The molecule has 0 saturated heterocycles. The SMILES string of the molecule is CCC(O)(c1cn(Cc2ccc3c(-c4ccccc4)cc(C)nc3c2)nn1)C(F)(F)F. The fraction of sp³-hybridized carbons (Fsp3) is 0.261. The van der Waals surface area contributed by atoms with Crippen molar-refractivity contribution < 1.29 is 18.3 Å². The van der Waals surface area contributed by atoms with E-state index in [2.05, 4.69) is 15.3 Å². The molecule has 0 bridgehead atoms. The van der Waals surface area contributed by atoms with E-state index in [1.807, 2.05) is 61.5 Å². The summed E-state index contributed by atoms with van der Waals surface area (Å²) < 4.78 is 41.1. The quantitative estimate of drug-likeness (QED) is 0.487. The van der Waals surface area contributed by atoms with Gasteiger partial charge < -0.3 is 5.11 Å². The number of aliphatic hydroxyl groups is 1. The maximum atomic E-state index is 13.3. The summed E-state index contributed by atoms with van der Waals surface area (Å²) >= 11 is 0. The number of hydrogen-bond acceptors (Lipinski definition) is 4. The molecule has 0 aliphatic heterocycles. The average molecular weight is 426 g/mol. The van der Waals surface area contributed by atoms with Crippen molar-refractivity contribution in [3.63, 3.8) is 0 Å². The van der Waals surface area contributed by atoms with Crippen molar-refractivity contribution in [2.24, 2.45) is 0 Å². The normalized spacial score (nSPS) is 14.0. The molecule has 1 N–H and O–H groups in total. The molecule has 0 radical (unpaired) electrons. The molecule has 1 unspecified atom stereocenters. The van der Waals surface area contributed by atoms with Gasteiger partial charge in [0.2, 0.25) is 5.60 Å². The van der Waals surface area contributed by atoms with Crippen LogP contribution in [0, 0.1) is 6.92 Å². The summed E-state index contributed by atoms with van der Waals surface area (Å²) in [6, 6.07) is 17.8. The molecule has 1 atom stereocenters. The number of halogens is 3. The molecule has 8 heteroatoms. The Balaban J connectivity index is 1.67. The molecule has 0 saturated carbocycles. The van der Waals surface area contributed by atoms with Crippen LogP contribution in [0.25, 0.3) is 22.0 Å². The molecule has 2 heterocycles. The predicted octanol–water partition coefficient (Wildman–Crippen LogP) is 5.01. The van der Waals surface area contributed by atoms with E-state index in [4.69, 9.17) is 0 Å². The lowest BCUT2D eigenvalue weighted by atomic mass is 9.96. The summed E-state index contributed by atoms with van der Waals surface area (Å²) in [4.78, 5) is 4.62. The lowest BCUT2D eigenvalue weighted by molar-refractivity contribution is -0.269. The molecule has 4 aromatic rings. The van der Waals surface area contributed by atoms with Crippen LogP contribution >= 0.6 is 0 Å². The van der Waals surface area contributed by atoms with Gasteiger partial charge in [0.1, 0.15) is 5.69 Å². The Bertz CT molecular complexity index is 1220. The summed E-state index contributed by atoms with van der Waals surface area (Å²) in [6.45, 7) is 3.38. The van der Waals surface area contributed by atoms with Gasteiger partial charge in [0.15, 0.2) is 0 Å². The van der Waals surface area contributed by atoms with Gasteiger partial charge >= 0.3 is 6.18 Å². The number of alkyl halides is 3. The van der Waals surface area contributed by atoms with Crippen LogP contribution in [0.3, 0.4) is 0 Å². The second-order valence-electron chi connectivity index (χ2n) is 7.54. The fourth-order valence-corrected chi connectivity index (χ4v) is 3.64. The maximum Gasteiger partial charge on any atom is 0.423 e. The molecule has 0 amide bonds. The minimum absolute atomic E-state index is 0.205. The van der Waals surface area contributed by atoms with Gasteiger partial charge in [-0.2, -0.15) is 13.2 Å². The van der Waals surface area contributed by atoms with E-state index in [0.29, 0.717) is 0 Å². The molecular weight excluding hydrogens is 405 g/mol. The van der Waals surface area contributed by atoms with E-state index in [1.165, 1.54) is 11.6 Å². The Morgan fingerprint density at radius 1 is 1.03 bits per heavy atom. The van der Waals surface area contributed by atoms with Crippen molar-refractivity contribution in [3.8, 4) is 11.1 Å². The highest BCUT2D eigenvalue weighted by Crippen LogP contribution is 2.40. The van der Waals surface area contributed by atoms with Crippen molar-refractivity contribution in [1.29, 1.82) is 0 Å². The van der Waals surface area contributed by atoms with Gasteiger partial charge in [-0.05, 0) is 42.2 Å². The minimum Gasteiger partial charge on any atom is -0.375 e. The highest BCUT2D eigenvalue weighted by Gasteiger charge is 2.55. The topological polar surface area (TPSA) is 63.8 Å². The fourth-order valence-electron chi connectivity index (χ4n) is 3.64. The second-order valence-corrected chi connectivity index (χ2v) is 7.54. The second kappa shape index (κ2) is 7.77. The zero-order chi connectivity index (χ0) is 22.2. The lowest BCUT2D eigenvalue weighted by Crippen LogP contribution is -2.42. The zero-order valence-corrected chi connectivity index (χ0v) is 17.1. The average Bonchev–Trinajstić information content (AvgIpc) is 3.21.